The van der Waals surface area contributed by atoms with Gasteiger partial charge in [0, 0.05) is 10.7 Å². The van der Waals surface area contributed by atoms with Gasteiger partial charge in [0.15, 0.2) is 0 Å². The van der Waals surface area contributed by atoms with Crippen molar-refractivity contribution in [1.82, 2.24) is 0 Å². The molecule has 0 aromatic heterocycles. The molecular formula is C19H31BrO. The Bertz CT molecular complexity index is 475. The zero-order valence-corrected chi connectivity index (χ0v) is 16.5. The second-order valence-electron chi connectivity index (χ2n) is 8.80. The molecule has 1 nitrogen and oxygen atoms in total. The molecule has 0 heterocycles. The lowest BCUT2D eigenvalue weighted by Crippen LogP contribution is -2.24. The largest absolute Gasteiger partial charge is 0.493 e. The van der Waals surface area contributed by atoms with Gasteiger partial charge < -0.3 is 4.74 Å². The minimum Gasteiger partial charge on any atom is -0.493 e. The van der Waals surface area contributed by atoms with E-state index in [0.29, 0.717) is 0 Å². The smallest absolute Gasteiger partial charge is 0.123 e. The van der Waals surface area contributed by atoms with Crippen LogP contribution >= 0.6 is 15.9 Å². The van der Waals surface area contributed by atoms with Gasteiger partial charge in [0.05, 0.1) is 6.61 Å². The Kier molecular flexibility index (Phi) is 5.58. The molecule has 0 amide bonds. The van der Waals surface area contributed by atoms with Gasteiger partial charge in [-0.15, -0.1) is 0 Å². The van der Waals surface area contributed by atoms with Gasteiger partial charge in [0.25, 0.3) is 0 Å². The zero-order chi connectivity index (χ0) is 16.5. The molecule has 21 heavy (non-hydrogen) atoms. The number of halogens is 1. The third kappa shape index (κ3) is 5.32. The van der Waals surface area contributed by atoms with Crippen molar-refractivity contribution in [2.24, 2.45) is 5.41 Å². The number of rotatable bonds is 4. The van der Waals surface area contributed by atoms with Crippen molar-refractivity contribution < 1.29 is 4.74 Å². The van der Waals surface area contributed by atoms with E-state index in [1.807, 2.05) is 0 Å². The van der Waals surface area contributed by atoms with Gasteiger partial charge in [-0.2, -0.15) is 0 Å². The van der Waals surface area contributed by atoms with Crippen LogP contribution in [-0.4, -0.2) is 11.9 Å². The SMILES string of the molecule is CC(C)(CBr)COc1ccc(C(C)(C)C)cc1C(C)(C)C. The molecule has 0 spiro atoms. The summed E-state index contributed by atoms with van der Waals surface area (Å²) in [6.45, 7) is 18.6. The van der Waals surface area contributed by atoms with Crippen LogP contribution < -0.4 is 4.74 Å². The molecule has 0 saturated heterocycles. The van der Waals surface area contributed by atoms with Gasteiger partial charge in [0.2, 0.25) is 0 Å². The highest BCUT2D eigenvalue weighted by atomic mass is 79.9. The summed E-state index contributed by atoms with van der Waals surface area (Å²) in [7, 11) is 0. The van der Waals surface area contributed by atoms with E-state index in [1.165, 1.54) is 11.1 Å². The van der Waals surface area contributed by atoms with Gasteiger partial charge in [-0.3, -0.25) is 0 Å². The Morgan fingerprint density at radius 1 is 0.905 bits per heavy atom. The Morgan fingerprint density at radius 3 is 1.90 bits per heavy atom. The van der Waals surface area contributed by atoms with Crippen LogP contribution in [0.1, 0.15) is 66.5 Å². The van der Waals surface area contributed by atoms with Crippen molar-refractivity contribution in [1.29, 1.82) is 0 Å². The Hall–Kier alpha value is -0.500. The molecule has 0 aliphatic carbocycles. The first-order valence-electron chi connectivity index (χ1n) is 7.71. The molecule has 1 aromatic rings. The highest BCUT2D eigenvalue weighted by molar-refractivity contribution is 9.09. The normalized spacial score (nSPS) is 13.4. The van der Waals surface area contributed by atoms with Crippen LogP contribution in [-0.2, 0) is 10.8 Å². The fourth-order valence-corrected chi connectivity index (χ4v) is 2.18. The minimum absolute atomic E-state index is 0.0785. The number of ether oxygens (including phenoxy) is 1. The van der Waals surface area contributed by atoms with Crippen molar-refractivity contribution in [2.45, 2.75) is 66.2 Å². The number of hydrogen-bond acceptors (Lipinski definition) is 1. The van der Waals surface area contributed by atoms with E-state index in [9.17, 15) is 0 Å². The van der Waals surface area contributed by atoms with Gasteiger partial charge in [-0.05, 0) is 28.0 Å². The molecule has 1 aromatic carbocycles. The monoisotopic (exact) mass is 354 g/mol. The maximum Gasteiger partial charge on any atom is 0.123 e. The average Bonchev–Trinajstić information content (AvgIpc) is 2.34. The Balaban J connectivity index is 3.15. The van der Waals surface area contributed by atoms with Crippen molar-refractivity contribution in [3.63, 3.8) is 0 Å². The van der Waals surface area contributed by atoms with Crippen molar-refractivity contribution >= 4 is 15.9 Å². The van der Waals surface area contributed by atoms with Crippen LogP contribution in [0.25, 0.3) is 0 Å². The number of hydrogen-bond donors (Lipinski definition) is 0. The Morgan fingerprint density at radius 2 is 1.48 bits per heavy atom. The van der Waals surface area contributed by atoms with E-state index in [-0.39, 0.29) is 16.2 Å². The predicted molar refractivity (Wildman–Crippen MR) is 96.9 cm³/mol. The summed E-state index contributed by atoms with van der Waals surface area (Å²) < 4.78 is 6.16. The second kappa shape index (κ2) is 6.32. The van der Waals surface area contributed by atoms with E-state index in [1.54, 1.807) is 0 Å². The standard InChI is InChI=1S/C19H31BrO/c1-17(2,3)14-9-10-16(15(11-14)18(4,5)6)21-13-19(7,8)12-20/h9-11H,12-13H2,1-8H3. The molecule has 0 fully saturated rings. The van der Waals surface area contributed by atoms with Crippen LogP contribution in [0.15, 0.2) is 18.2 Å². The molecule has 0 atom stereocenters. The topological polar surface area (TPSA) is 9.23 Å². The van der Waals surface area contributed by atoms with Gasteiger partial charge in [-0.25, -0.2) is 0 Å². The summed E-state index contributed by atoms with van der Waals surface area (Å²) in [5.41, 5.74) is 3.03. The highest BCUT2D eigenvalue weighted by Crippen LogP contribution is 2.36. The minimum atomic E-state index is 0.0785. The second-order valence-corrected chi connectivity index (χ2v) is 9.36. The number of alkyl halides is 1. The average molecular weight is 355 g/mol. The van der Waals surface area contributed by atoms with Crippen LogP contribution in [0.3, 0.4) is 0 Å². The summed E-state index contributed by atoms with van der Waals surface area (Å²) in [5.74, 6) is 1.02. The van der Waals surface area contributed by atoms with Gasteiger partial charge in [-0.1, -0.05) is 83.5 Å². The lowest BCUT2D eigenvalue weighted by atomic mass is 9.80. The highest BCUT2D eigenvalue weighted by Gasteiger charge is 2.24. The molecule has 0 radical (unpaired) electrons. The summed E-state index contributed by atoms with van der Waals surface area (Å²) in [6.07, 6.45) is 0. The number of benzene rings is 1. The van der Waals surface area contributed by atoms with Crippen LogP contribution in [0, 0.1) is 5.41 Å². The third-order valence-electron chi connectivity index (χ3n) is 3.63. The fourth-order valence-electron chi connectivity index (χ4n) is 2.02. The maximum atomic E-state index is 6.16. The van der Waals surface area contributed by atoms with E-state index in [0.717, 1.165) is 17.7 Å². The first-order chi connectivity index (χ1) is 9.37. The van der Waals surface area contributed by atoms with Crippen LogP contribution in [0.5, 0.6) is 5.75 Å². The van der Waals surface area contributed by atoms with E-state index in [4.69, 9.17) is 4.74 Å². The molecule has 0 aliphatic heterocycles. The molecular weight excluding hydrogens is 324 g/mol. The van der Waals surface area contributed by atoms with Crippen LogP contribution in [0.4, 0.5) is 0 Å². The lowest BCUT2D eigenvalue weighted by Gasteiger charge is -2.29. The summed E-state index contributed by atoms with van der Waals surface area (Å²) in [6, 6.07) is 6.66. The third-order valence-corrected chi connectivity index (χ3v) is 5.15. The van der Waals surface area contributed by atoms with Gasteiger partial charge in [0.1, 0.15) is 5.75 Å². The van der Waals surface area contributed by atoms with E-state index in [2.05, 4.69) is 89.5 Å². The molecule has 0 unspecified atom stereocenters. The zero-order valence-electron chi connectivity index (χ0n) is 14.9. The lowest BCUT2D eigenvalue weighted by molar-refractivity contribution is 0.199. The fraction of sp³-hybridized carbons (Fsp3) is 0.684. The van der Waals surface area contributed by atoms with Crippen molar-refractivity contribution in [3.05, 3.63) is 29.3 Å². The molecule has 120 valence electrons. The summed E-state index contributed by atoms with van der Waals surface area (Å²) in [4.78, 5) is 0. The Labute approximate surface area is 139 Å². The molecule has 0 saturated carbocycles. The predicted octanol–water partition coefficient (Wildman–Crippen LogP) is 6.08. The summed E-state index contributed by atoms with van der Waals surface area (Å²) in [5, 5.41) is 0.935. The van der Waals surface area contributed by atoms with E-state index >= 15 is 0 Å². The first kappa shape index (κ1) is 18.5. The van der Waals surface area contributed by atoms with Crippen molar-refractivity contribution in [3.8, 4) is 5.75 Å². The maximum absolute atomic E-state index is 6.16. The molecule has 0 N–H and O–H groups in total. The molecule has 0 bridgehead atoms. The van der Waals surface area contributed by atoms with E-state index < -0.39 is 0 Å². The van der Waals surface area contributed by atoms with Crippen LogP contribution in [0.2, 0.25) is 0 Å². The molecule has 2 heteroatoms. The summed E-state index contributed by atoms with van der Waals surface area (Å²) >= 11 is 3.56. The molecule has 1 rings (SSSR count). The quantitative estimate of drug-likeness (QED) is 0.595. The molecule has 0 aliphatic rings. The van der Waals surface area contributed by atoms with Gasteiger partial charge >= 0.3 is 0 Å². The van der Waals surface area contributed by atoms with Crippen molar-refractivity contribution in [2.75, 3.05) is 11.9 Å². The first-order valence-corrected chi connectivity index (χ1v) is 8.83.